The fraction of sp³-hybridized carbons (Fsp3) is 0.300. The van der Waals surface area contributed by atoms with Gasteiger partial charge in [0.05, 0.1) is 14.2 Å². The Kier molecular flexibility index (Phi) is 3.34. The molecule has 14 heavy (non-hydrogen) atoms. The van der Waals surface area contributed by atoms with E-state index in [9.17, 15) is 4.79 Å². The molecule has 4 nitrogen and oxygen atoms in total. The number of amides is 1. The van der Waals surface area contributed by atoms with Crippen LogP contribution in [0.25, 0.3) is 0 Å². The highest BCUT2D eigenvalue weighted by Crippen LogP contribution is 2.32. The van der Waals surface area contributed by atoms with Crippen molar-refractivity contribution in [2.75, 3.05) is 19.5 Å². The number of anilines is 1. The molecule has 0 spiro atoms. The van der Waals surface area contributed by atoms with Crippen LogP contribution in [0, 0.1) is 6.92 Å². The summed E-state index contributed by atoms with van der Waals surface area (Å²) in [6.07, 6.45) is 0.633. The predicted molar refractivity (Wildman–Crippen MR) is 54.0 cm³/mol. The Hall–Kier alpha value is -1.71. The molecule has 0 aliphatic rings. The maximum absolute atomic E-state index is 10.3. The van der Waals surface area contributed by atoms with E-state index in [-0.39, 0.29) is 0 Å². The Morgan fingerprint density at radius 1 is 1.21 bits per heavy atom. The molecule has 1 N–H and O–H groups in total. The third kappa shape index (κ3) is 1.96. The minimum Gasteiger partial charge on any atom is -0.493 e. The molecule has 1 aromatic rings. The summed E-state index contributed by atoms with van der Waals surface area (Å²) in [5, 5.41) is 2.59. The van der Waals surface area contributed by atoms with E-state index in [0.717, 1.165) is 11.3 Å². The largest absolute Gasteiger partial charge is 0.493 e. The molecule has 0 aliphatic carbocycles. The lowest BCUT2D eigenvalue weighted by Gasteiger charge is -2.11. The van der Waals surface area contributed by atoms with E-state index in [0.29, 0.717) is 17.9 Å². The van der Waals surface area contributed by atoms with Crippen molar-refractivity contribution in [2.45, 2.75) is 6.92 Å². The van der Waals surface area contributed by atoms with Crippen molar-refractivity contribution in [2.24, 2.45) is 0 Å². The molecule has 0 saturated heterocycles. The van der Waals surface area contributed by atoms with Crippen LogP contribution < -0.4 is 14.8 Å². The Balaban J connectivity index is 3.15. The Morgan fingerprint density at radius 2 is 1.79 bits per heavy atom. The Labute approximate surface area is 82.8 Å². The molecule has 0 bridgehead atoms. The SMILES string of the molecule is COc1cc(C)c(NC=O)cc1OC. The summed E-state index contributed by atoms with van der Waals surface area (Å²) < 4.78 is 10.2. The zero-order valence-electron chi connectivity index (χ0n) is 8.46. The molecule has 0 heterocycles. The molecule has 0 saturated carbocycles. The molecule has 0 unspecified atom stereocenters. The van der Waals surface area contributed by atoms with Gasteiger partial charge in [-0.3, -0.25) is 4.79 Å². The Bertz CT molecular complexity index is 336. The highest BCUT2D eigenvalue weighted by Gasteiger charge is 2.07. The van der Waals surface area contributed by atoms with Crippen molar-refractivity contribution < 1.29 is 14.3 Å². The van der Waals surface area contributed by atoms with Gasteiger partial charge in [-0.05, 0) is 18.6 Å². The van der Waals surface area contributed by atoms with E-state index in [4.69, 9.17) is 9.47 Å². The van der Waals surface area contributed by atoms with Gasteiger partial charge in [0.25, 0.3) is 0 Å². The molecule has 0 aliphatic heterocycles. The molecule has 0 radical (unpaired) electrons. The molecule has 0 atom stereocenters. The number of carbonyl (C=O) groups excluding carboxylic acids is 1. The van der Waals surface area contributed by atoms with Crippen molar-refractivity contribution >= 4 is 12.1 Å². The number of methoxy groups -OCH3 is 2. The minimum absolute atomic E-state index is 0.599. The van der Waals surface area contributed by atoms with Gasteiger partial charge < -0.3 is 14.8 Å². The normalized spacial score (nSPS) is 9.36. The van der Waals surface area contributed by atoms with Gasteiger partial charge in [-0.25, -0.2) is 0 Å². The Morgan fingerprint density at radius 3 is 2.29 bits per heavy atom. The van der Waals surface area contributed by atoms with Crippen LogP contribution in [0.1, 0.15) is 5.56 Å². The highest BCUT2D eigenvalue weighted by molar-refractivity contribution is 5.75. The van der Waals surface area contributed by atoms with Crippen LogP contribution in [0.2, 0.25) is 0 Å². The number of hydrogen-bond donors (Lipinski definition) is 1. The van der Waals surface area contributed by atoms with Crippen LogP contribution in [0.15, 0.2) is 12.1 Å². The van der Waals surface area contributed by atoms with Gasteiger partial charge in [0.1, 0.15) is 0 Å². The van der Waals surface area contributed by atoms with E-state index in [1.807, 2.05) is 13.0 Å². The second kappa shape index (κ2) is 4.50. The first kappa shape index (κ1) is 10.4. The van der Waals surface area contributed by atoms with Crippen molar-refractivity contribution in [3.63, 3.8) is 0 Å². The van der Waals surface area contributed by atoms with E-state index >= 15 is 0 Å². The molecule has 4 heteroatoms. The van der Waals surface area contributed by atoms with E-state index < -0.39 is 0 Å². The van der Waals surface area contributed by atoms with Crippen molar-refractivity contribution in [1.29, 1.82) is 0 Å². The van der Waals surface area contributed by atoms with Gasteiger partial charge >= 0.3 is 0 Å². The molecular formula is C10H13NO3. The minimum atomic E-state index is 0.599. The fourth-order valence-corrected chi connectivity index (χ4v) is 1.20. The van der Waals surface area contributed by atoms with Crippen molar-refractivity contribution in [3.05, 3.63) is 17.7 Å². The van der Waals surface area contributed by atoms with Crippen LogP contribution in [-0.2, 0) is 4.79 Å². The third-order valence-corrected chi connectivity index (χ3v) is 1.94. The lowest BCUT2D eigenvalue weighted by molar-refractivity contribution is -0.105. The summed E-state index contributed by atoms with van der Waals surface area (Å²) in [5.41, 5.74) is 1.65. The molecule has 1 aromatic carbocycles. The maximum atomic E-state index is 10.3. The van der Waals surface area contributed by atoms with Crippen molar-refractivity contribution in [3.8, 4) is 11.5 Å². The summed E-state index contributed by atoms with van der Waals surface area (Å²) in [5.74, 6) is 1.25. The smallest absolute Gasteiger partial charge is 0.211 e. The van der Waals surface area contributed by atoms with Crippen molar-refractivity contribution in [1.82, 2.24) is 0 Å². The summed E-state index contributed by atoms with van der Waals surface area (Å²) >= 11 is 0. The number of carbonyl (C=O) groups is 1. The van der Waals surface area contributed by atoms with Crippen LogP contribution >= 0.6 is 0 Å². The first-order valence-electron chi connectivity index (χ1n) is 4.15. The molecule has 1 amide bonds. The standard InChI is InChI=1S/C10H13NO3/c1-7-4-9(13-2)10(14-3)5-8(7)11-6-12/h4-6H,1-3H3,(H,11,12). The van der Waals surface area contributed by atoms with Crippen LogP contribution in [0.4, 0.5) is 5.69 Å². The summed E-state index contributed by atoms with van der Waals surface area (Å²) in [6.45, 7) is 1.88. The number of hydrogen-bond acceptors (Lipinski definition) is 3. The van der Waals surface area contributed by atoms with Gasteiger partial charge in [-0.15, -0.1) is 0 Å². The second-order valence-corrected chi connectivity index (χ2v) is 2.78. The van der Waals surface area contributed by atoms with Gasteiger partial charge in [-0.1, -0.05) is 0 Å². The highest BCUT2D eigenvalue weighted by atomic mass is 16.5. The fourth-order valence-electron chi connectivity index (χ4n) is 1.20. The third-order valence-electron chi connectivity index (χ3n) is 1.94. The lowest BCUT2D eigenvalue weighted by atomic mass is 10.2. The van der Waals surface area contributed by atoms with E-state index in [1.165, 1.54) is 0 Å². The number of ether oxygens (including phenoxy) is 2. The average Bonchev–Trinajstić information content (AvgIpc) is 2.20. The molecular weight excluding hydrogens is 182 g/mol. The molecule has 1 rings (SSSR count). The van der Waals surface area contributed by atoms with Gasteiger partial charge in [0.2, 0.25) is 6.41 Å². The first-order chi connectivity index (χ1) is 6.72. The average molecular weight is 195 g/mol. The summed E-state index contributed by atoms with van der Waals surface area (Å²) in [6, 6.07) is 3.53. The number of nitrogens with one attached hydrogen (secondary N) is 1. The van der Waals surface area contributed by atoms with Crippen LogP contribution in [0.3, 0.4) is 0 Å². The molecule has 0 fully saturated rings. The zero-order valence-corrected chi connectivity index (χ0v) is 8.46. The lowest BCUT2D eigenvalue weighted by Crippen LogP contribution is -1.99. The predicted octanol–water partition coefficient (Wildman–Crippen LogP) is 1.58. The van der Waals surface area contributed by atoms with Gasteiger partial charge in [-0.2, -0.15) is 0 Å². The van der Waals surface area contributed by atoms with Crippen LogP contribution in [-0.4, -0.2) is 20.6 Å². The maximum Gasteiger partial charge on any atom is 0.211 e. The van der Waals surface area contributed by atoms with Gasteiger partial charge in [0, 0.05) is 11.8 Å². The topological polar surface area (TPSA) is 47.6 Å². The van der Waals surface area contributed by atoms with Gasteiger partial charge in [0.15, 0.2) is 11.5 Å². The quantitative estimate of drug-likeness (QED) is 0.742. The second-order valence-electron chi connectivity index (χ2n) is 2.78. The number of benzene rings is 1. The summed E-state index contributed by atoms with van der Waals surface area (Å²) in [7, 11) is 3.13. The monoisotopic (exact) mass is 195 g/mol. The molecule has 0 aromatic heterocycles. The zero-order chi connectivity index (χ0) is 10.6. The van der Waals surface area contributed by atoms with E-state index in [2.05, 4.69) is 5.32 Å². The van der Waals surface area contributed by atoms with E-state index in [1.54, 1.807) is 20.3 Å². The number of rotatable bonds is 4. The first-order valence-corrected chi connectivity index (χ1v) is 4.15. The number of aryl methyl sites for hydroxylation is 1. The summed E-state index contributed by atoms with van der Waals surface area (Å²) in [4.78, 5) is 10.3. The molecule has 76 valence electrons. The van der Waals surface area contributed by atoms with Crippen LogP contribution in [0.5, 0.6) is 11.5 Å².